The summed E-state index contributed by atoms with van der Waals surface area (Å²) in [5.41, 5.74) is -1.36. The molecule has 3 nitrogen and oxygen atoms in total. The second-order valence-corrected chi connectivity index (χ2v) is 5.10. The van der Waals surface area contributed by atoms with Crippen molar-refractivity contribution < 1.29 is 23.1 Å². The molecule has 0 unspecified atom stereocenters. The van der Waals surface area contributed by atoms with Gasteiger partial charge in [-0.15, -0.1) is 0 Å². The average Bonchev–Trinajstić information content (AvgIpc) is 2.43. The number of phenolic OH excluding ortho intramolecular Hbond substituents is 1. The van der Waals surface area contributed by atoms with Gasteiger partial charge in [-0.3, -0.25) is 4.79 Å². The fraction of sp³-hybridized carbons (Fsp3) is 0.0714. The van der Waals surface area contributed by atoms with Gasteiger partial charge in [0.25, 0.3) is 5.91 Å². The first-order valence-electron chi connectivity index (χ1n) is 5.85. The number of amides is 1. The summed E-state index contributed by atoms with van der Waals surface area (Å²) in [6.07, 6.45) is -4.57. The molecule has 0 saturated carbocycles. The first kappa shape index (κ1) is 16.5. The predicted molar refractivity (Wildman–Crippen MR) is 77.5 cm³/mol. The summed E-state index contributed by atoms with van der Waals surface area (Å²) in [6.45, 7) is 0. The second-order valence-electron chi connectivity index (χ2n) is 4.28. The molecule has 0 aliphatic carbocycles. The lowest BCUT2D eigenvalue weighted by atomic mass is 10.1. The molecule has 0 atom stereocenters. The Kier molecular flexibility index (Phi) is 4.53. The Morgan fingerprint density at radius 3 is 2.41 bits per heavy atom. The molecule has 1 amide bonds. The summed E-state index contributed by atoms with van der Waals surface area (Å²) in [5, 5.41) is 11.8. The molecule has 0 aliphatic rings. The summed E-state index contributed by atoms with van der Waals surface area (Å²) >= 11 is 11.5. The lowest BCUT2D eigenvalue weighted by Crippen LogP contribution is -2.14. The van der Waals surface area contributed by atoms with Crippen LogP contribution in [0.4, 0.5) is 18.9 Å². The molecule has 0 radical (unpaired) electrons. The van der Waals surface area contributed by atoms with Crippen LogP contribution in [0.1, 0.15) is 15.9 Å². The van der Waals surface area contributed by atoms with Crippen LogP contribution in [0.5, 0.6) is 5.75 Å². The van der Waals surface area contributed by atoms with Gasteiger partial charge in [0.2, 0.25) is 0 Å². The maximum atomic E-state index is 12.7. The Bertz CT molecular complexity index is 733. The second kappa shape index (κ2) is 6.06. The highest BCUT2D eigenvalue weighted by molar-refractivity contribution is 6.34. The third-order valence-corrected chi connectivity index (χ3v) is 3.41. The number of rotatable bonds is 2. The predicted octanol–water partition coefficient (Wildman–Crippen LogP) is 4.97. The maximum Gasteiger partial charge on any atom is 0.416 e. The van der Waals surface area contributed by atoms with Crippen molar-refractivity contribution in [1.29, 1.82) is 0 Å². The summed E-state index contributed by atoms with van der Waals surface area (Å²) in [4.78, 5) is 12.0. The van der Waals surface area contributed by atoms with Crippen LogP contribution in [-0.2, 0) is 6.18 Å². The van der Waals surface area contributed by atoms with E-state index in [9.17, 15) is 23.1 Å². The van der Waals surface area contributed by atoms with Crippen LogP contribution < -0.4 is 5.32 Å². The highest BCUT2D eigenvalue weighted by Crippen LogP contribution is 2.34. The van der Waals surface area contributed by atoms with E-state index in [-0.39, 0.29) is 21.3 Å². The van der Waals surface area contributed by atoms with Gasteiger partial charge in [0.05, 0.1) is 26.9 Å². The number of carbonyl (C=O) groups is 1. The molecular formula is C14H8Cl2F3NO2. The van der Waals surface area contributed by atoms with Gasteiger partial charge in [-0.1, -0.05) is 29.3 Å². The van der Waals surface area contributed by atoms with E-state index in [1.807, 2.05) is 0 Å². The zero-order chi connectivity index (χ0) is 16.5. The number of phenols is 1. The molecule has 0 heterocycles. The number of para-hydroxylation sites is 1. The van der Waals surface area contributed by atoms with Crippen molar-refractivity contribution in [3.05, 3.63) is 57.6 Å². The summed E-state index contributed by atoms with van der Waals surface area (Å²) < 4.78 is 38.0. The van der Waals surface area contributed by atoms with Gasteiger partial charge in [0.1, 0.15) is 5.75 Å². The molecule has 2 N–H and O–H groups in total. The molecule has 0 saturated heterocycles. The van der Waals surface area contributed by atoms with Crippen molar-refractivity contribution in [2.75, 3.05) is 5.32 Å². The highest BCUT2D eigenvalue weighted by Gasteiger charge is 2.31. The van der Waals surface area contributed by atoms with Crippen molar-refractivity contribution in [3.63, 3.8) is 0 Å². The standard InChI is InChI=1S/C14H8Cl2F3NO2/c15-9-5-4-7(14(17,18)19)6-11(9)20-13(22)8-2-1-3-10(16)12(8)21/h1-6,21H,(H,20,22). The Morgan fingerprint density at radius 2 is 1.77 bits per heavy atom. The number of alkyl halides is 3. The van der Waals surface area contributed by atoms with Crippen LogP contribution in [0.3, 0.4) is 0 Å². The minimum atomic E-state index is -4.57. The molecule has 0 fully saturated rings. The van der Waals surface area contributed by atoms with Gasteiger partial charge in [0, 0.05) is 0 Å². The van der Waals surface area contributed by atoms with Crippen LogP contribution >= 0.6 is 23.2 Å². The van der Waals surface area contributed by atoms with Crippen LogP contribution in [0.25, 0.3) is 0 Å². The first-order valence-corrected chi connectivity index (χ1v) is 6.61. The van der Waals surface area contributed by atoms with Crippen LogP contribution in [-0.4, -0.2) is 11.0 Å². The van der Waals surface area contributed by atoms with Crippen molar-refractivity contribution in [1.82, 2.24) is 0 Å². The largest absolute Gasteiger partial charge is 0.506 e. The van der Waals surface area contributed by atoms with Crippen molar-refractivity contribution >= 4 is 34.8 Å². The SMILES string of the molecule is O=C(Nc1cc(C(F)(F)F)ccc1Cl)c1cccc(Cl)c1O. The van der Waals surface area contributed by atoms with Gasteiger partial charge >= 0.3 is 6.18 Å². The number of nitrogens with one attached hydrogen (secondary N) is 1. The average molecular weight is 350 g/mol. The highest BCUT2D eigenvalue weighted by atomic mass is 35.5. The monoisotopic (exact) mass is 349 g/mol. The molecule has 0 aliphatic heterocycles. The number of anilines is 1. The van der Waals surface area contributed by atoms with Crippen LogP contribution in [0.15, 0.2) is 36.4 Å². The summed E-state index contributed by atoms with van der Waals surface area (Å²) in [6, 6.07) is 6.60. The topological polar surface area (TPSA) is 49.3 Å². The number of benzene rings is 2. The number of hydrogen-bond acceptors (Lipinski definition) is 2. The summed E-state index contributed by atoms with van der Waals surface area (Å²) in [5.74, 6) is -1.30. The zero-order valence-electron chi connectivity index (χ0n) is 10.7. The number of carbonyl (C=O) groups excluding carboxylic acids is 1. The van der Waals surface area contributed by atoms with E-state index in [1.165, 1.54) is 18.2 Å². The lowest BCUT2D eigenvalue weighted by molar-refractivity contribution is -0.137. The van der Waals surface area contributed by atoms with E-state index >= 15 is 0 Å². The molecule has 8 heteroatoms. The van der Waals surface area contributed by atoms with Gasteiger partial charge in [-0.2, -0.15) is 13.2 Å². The van der Waals surface area contributed by atoms with Gasteiger partial charge in [-0.25, -0.2) is 0 Å². The van der Waals surface area contributed by atoms with E-state index in [0.717, 1.165) is 12.1 Å². The first-order chi connectivity index (χ1) is 10.2. The number of aromatic hydroxyl groups is 1. The summed E-state index contributed by atoms with van der Waals surface area (Å²) in [7, 11) is 0. The third-order valence-electron chi connectivity index (χ3n) is 2.77. The molecule has 0 bridgehead atoms. The Labute approximate surface area is 133 Å². The van der Waals surface area contributed by atoms with Gasteiger partial charge < -0.3 is 10.4 Å². The van der Waals surface area contributed by atoms with Crippen LogP contribution in [0.2, 0.25) is 10.0 Å². The van der Waals surface area contributed by atoms with E-state index in [0.29, 0.717) is 6.07 Å². The van der Waals surface area contributed by atoms with E-state index in [2.05, 4.69) is 5.32 Å². The zero-order valence-corrected chi connectivity index (χ0v) is 12.2. The molecule has 2 aromatic rings. The van der Waals surface area contributed by atoms with Crippen molar-refractivity contribution in [2.45, 2.75) is 6.18 Å². The Morgan fingerprint density at radius 1 is 1.09 bits per heavy atom. The Hall–Kier alpha value is -1.92. The van der Waals surface area contributed by atoms with Gasteiger partial charge in [-0.05, 0) is 30.3 Å². The molecule has 2 rings (SSSR count). The fourth-order valence-electron chi connectivity index (χ4n) is 1.69. The molecule has 2 aromatic carbocycles. The normalized spacial score (nSPS) is 11.3. The van der Waals surface area contributed by atoms with E-state index < -0.39 is 23.4 Å². The number of halogens is 5. The van der Waals surface area contributed by atoms with Gasteiger partial charge in [0.15, 0.2) is 0 Å². The van der Waals surface area contributed by atoms with Crippen molar-refractivity contribution in [2.24, 2.45) is 0 Å². The minimum Gasteiger partial charge on any atom is -0.506 e. The molecular weight excluding hydrogens is 342 g/mol. The van der Waals surface area contributed by atoms with Crippen LogP contribution in [0, 0.1) is 0 Å². The molecule has 116 valence electrons. The Balaban J connectivity index is 2.34. The van der Waals surface area contributed by atoms with Crippen molar-refractivity contribution in [3.8, 4) is 5.75 Å². The minimum absolute atomic E-state index is 0.0530. The quantitative estimate of drug-likeness (QED) is 0.803. The molecule has 22 heavy (non-hydrogen) atoms. The smallest absolute Gasteiger partial charge is 0.416 e. The fourth-order valence-corrected chi connectivity index (χ4v) is 2.02. The third kappa shape index (κ3) is 3.45. The van der Waals surface area contributed by atoms with E-state index in [4.69, 9.17) is 23.2 Å². The maximum absolute atomic E-state index is 12.7. The number of hydrogen-bond donors (Lipinski definition) is 2. The van der Waals surface area contributed by atoms with E-state index in [1.54, 1.807) is 0 Å². The molecule has 0 spiro atoms. The lowest BCUT2D eigenvalue weighted by Gasteiger charge is -2.12. The molecule has 0 aromatic heterocycles.